The van der Waals surface area contributed by atoms with Gasteiger partial charge in [-0.1, -0.05) is 0 Å². The largest absolute Gasteiger partial charge is 0.490 e. The summed E-state index contributed by atoms with van der Waals surface area (Å²) in [6.45, 7) is 4.98. The van der Waals surface area contributed by atoms with E-state index >= 15 is 0 Å². The lowest BCUT2D eigenvalue weighted by molar-refractivity contribution is 0.409. The molecule has 0 aliphatic carbocycles. The van der Waals surface area contributed by atoms with Gasteiger partial charge in [0.2, 0.25) is 5.75 Å². The van der Waals surface area contributed by atoms with Crippen molar-refractivity contribution in [2.45, 2.75) is 19.4 Å². The van der Waals surface area contributed by atoms with Crippen molar-refractivity contribution in [2.75, 3.05) is 44.4 Å². The zero-order valence-corrected chi connectivity index (χ0v) is 11.2. The van der Waals surface area contributed by atoms with Crippen LogP contribution in [0.1, 0.15) is 13.3 Å². The monoisotopic (exact) mass is 251 g/mol. The van der Waals surface area contributed by atoms with E-state index in [1.165, 1.54) is 0 Å². The van der Waals surface area contributed by atoms with Crippen LogP contribution in [-0.2, 0) is 0 Å². The standard InChI is InChI=1S/C12H21N5O/c1-4-13-11-10(18-3)12(15-8-14-11)16-9-5-6-17(2)7-9/h8-9H,4-7H2,1-3H3,(H2,13,14,15,16). The zero-order chi connectivity index (χ0) is 13.0. The smallest absolute Gasteiger partial charge is 0.204 e. The average molecular weight is 251 g/mol. The molecule has 0 bridgehead atoms. The quantitative estimate of drug-likeness (QED) is 0.815. The molecule has 1 atom stereocenters. The third-order valence-electron chi connectivity index (χ3n) is 3.08. The maximum absolute atomic E-state index is 5.40. The van der Waals surface area contributed by atoms with E-state index in [0.717, 1.165) is 37.7 Å². The summed E-state index contributed by atoms with van der Waals surface area (Å²) in [5, 5.41) is 6.61. The summed E-state index contributed by atoms with van der Waals surface area (Å²) in [7, 11) is 3.77. The molecule has 0 radical (unpaired) electrons. The van der Waals surface area contributed by atoms with E-state index in [4.69, 9.17) is 4.74 Å². The molecular formula is C12H21N5O. The van der Waals surface area contributed by atoms with Gasteiger partial charge in [-0.3, -0.25) is 0 Å². The third kappa shape index (κ3) is 2.81. The van der Waals surface area contributed by atoms with Crippen LogP contribution in [-0.4, -0.2) is 54.7 Å². The molecule has 1 fully saturated rings. The van der Waals surface area contributed by atoms with Crippen molar-refractivity contribution in [3.63, 3.8) is 0 Å². The molecule has 100 valence electrons. The molecule has 0 aromatic carbocycles. The second-order valence-corrected chi connectivity index (χ2v) is 4.53. The number of rotatable bonds is 5. The van der Waals surface area contributed by atoms with E-state index in [0.29, 0.717) is 11.8 Å². The number of anilines is 2. The van der Waals surface area contributed by atoms with Crippen LogP contribution in [0, 0.1) is 0 Å². The van der Waals surface area contributed by atoms with Crippen LogP contribution in [0.2, 0.25) is 0 Å². The first-order chi connectivity index (χ1) is 8.74. The van der Waals surface area contributed by atoms with Crippen molar-refractivity contribution in [2.24, 2.45) is 0 Å². The summed E-state index contributed by atoms with van der Waals surface area (Å²) < 4.78 is 5.40. The van der Waals surface area contributed by atoms with Gasteiger partial charge < -0.3 is 20.3 Å². The Morgan fingerprint density at radius 1 is 1.44 bits per heavy atom. The van der Waals surface area contributed by atoms with Gasteiger partial charge in [0, 0.05) is 19.1 Å². The number of likely N-dealkylation sites (N-methyl/N-ethyl adjacent to an activating group) is 1. The van der Waals surface area contributed by atoms with E-state index in [2.05, 4.69) is 32.5 Å². The fourth-order valence-electron chi connectivity index (χ4n) is 2.21. The number of aromatic nitrogens is 2. The highest BCUT2D eigenvalue weighted by molar-refractivity contribution is 5.63. The van der Waals surface area contributed by atoms with E-state index in [9.17, 15) is 0 Å². The maximum atomic E-state index is 5.40. The van der Waals surface area contributed by atoms with Crippen LogP contribution in [0.15, 0.2) is 6.33 Å². The summed E-state index contributed by atoms with van der Waals surface area (Å²) in [5.74, 6) is 2.20. The number of likely N-dealkylation sites (tertiary alicyclic amines) is 1. The number of nitrogens with zero attached hydrogens (tertiary/aromatic N) is 3. The molecule has 18 heavy (non-hydrogen) atoms. The normalized spacial score (nSPS) is 19.8. The van der Waals surface area contributed by atoms with Gasteiger partial charge in [-0.05, 0) is 26.9 Å². The molecular weight excluding hydrogens is 230 g/mol. The first-order valence-electron chi connectivity index (χ1n) is 6.32. The predicted octanol–water partition coefficient (Wildman–Crippen LogP) is 1.03. The first kappa shape index (κ1) is 12.9. The molecule has 2 N–H and O–H groups in total. The number of methoxy groups -OCH3 is 1. The van der Waals surface area contributed by atoms with E-state index < -0.39 is 0 Å². The highest BCUT2D eigenvalue weighted by atomic mass is 16.5. The summed E-state index contributed by atoms with van der Waals surface area (Å²) in [4.78, 5) is 10.8. The van der Waals surface area contributed by atoms with Crippen molar-refractivity contribution >= 4 is 11.6 Å². The molecule has 0 amide bonds. The minimum atomic E-state index is 0.424. The van der Waals surface area contributed by atoms with E-state index in [1.54, 1.807) is 13.4 Å². The average Bonchev–Trinajstić information content (AvgIpc) is 2.76. The molecule has 6 heteroatoms. The van der Waals surface area contributed by atoms with Crippen LogP contribution < -0.4 is 15.4 Å². The molecule has 2 heterocycles. The number of ether oxygens (including phenoxy) is 1. The summed E-state index contributed by atoms with van der Waals surface area (Å²) in [5.41, 5.74) is 0. The molecule has 1 aromatic heterocycles. The van der Waals surface area contributed by atoms with Gasteiger partial charge in [-0.2, -0.15) is 0 Å². The van der Waals surface area contributed by atoms with Crippen LogP contribution in [0.4, 0.5) is 11.6 Å². The lowest BCUT2D eigenvalue weighted by Gasteiger charge is -2.17. The molecule has 1 unspecified atom stereocenters. The number of nitrogens with one attached hydrogen (secondary N) is 2. The SMILES string of the molecule is CCNc1ncnc(NC2CCN(C)C2)c1OC. The van der Waals surface area contributed by atoms with Crippen molar-refractivity contribution in [3.8, 4) is 5.75 Å². The summed E-state index contributed by atoms with van der Waals surface area (Å²) in [6.07, 6.45) is 2.68. The molecule has 0 spiro atoms. The van der Waals surface area contributed by atoms with Gasteiger partial charge in [0.05, 0.1) is 7.11 Å². The maximum Gasteiger partial charge on any atom is 0.204 e. The Balaban J connectivity index is 2.13. The van der Waals surface area contributed by atoms with Crippen molar-refractivity contribution < 1.29 is 4.74 Å². The molecule has 1 saturated heterocycles. The predicted molar refractivity (Wildman–Crippen MR) is 72.3 cm³/mol. The lowest BCUT2D eigenvalue weighted by Crippen LogP contribution is -2.24. The first-order valence-corrected chi connectivity index (χ1v) is 6.32. The molecule has 1 aliphatic rings. The number of hydrogen-bond acceptors (Lipinski definition) is 6. The summed E-state index contributed by atoms with van der Waals surface area (Å²) >= 11 is 0. The minimum absolute atomic E-state index is 0.424. The highest BCUT2D eigenvalue weighted by Gasteiger charge is 2.21. The Morgan fingerprint density at radius 3 is 2.83 bits per heavy atom. The summed E-state index contributed by atoms with van der Waals surface area (Å²) in [6, 6.07) is 0.424. The van der Waals surface area contributed by atoms with Gasteiger partial charge in [0.15, 0.2) is 11.6 Å². The van der Waals surface area contributed by atoms with Gasteiger partial charge in [-0.25, -0.2) is 9.97 Å². The lowest BCUT2D eigenvalue weighted by atomic mass is 10.2. The molecule has 0 saturated carbocycles. The van der Waals surface area contributed by atoms with E-state index in [1.807, 2.05) is 6.92 Å². The fourth-order valence-corrected chi connectivity index (χ4v) is 2.21. The second kappa shape index (κ2) is 5.86. The Bertz CT molecular complexity index is 398. The topological polar surface area (TPSA) is 62.3 Å². The van der Waals surface area contributed by atoms with Crippen LogP contribution in [0.25, 0.3) is 0 Å². The van der Waals surface area contributed by atoms with Gasteiger partial charge in [-0.15, -0.1) is 0 Å². The van der Waals surface area contributed by atoms with Crippen LogP contribution in [0.5, 0.6) is 5.75 Å². The van der Waals surface area contributed by atoms with Gasteiger partial charge in [0.1, 0.15) is 6.33 Å². The van der Waals surface area contributed by atoms with Gasteiger partial charge >= 0.3 is 0 Å². The Labute approximate surface area is 108 Å². The Morgan fingerprint density at radius 2 is 2.22 bits per heavy atom. The molecule has 6 nitrogen and oxygen atoms in total. The van der Waals surface area contributed by atoms with E-state index in [-0.39, 0.29) is 0 Å². The minimum Gasteiger partial charge on any atom is -0.490 e. The second-order valence-electron chi connectivity index (χ2n) is 4.53. The van der Waals surface area contributed by atoms with Crippen LogP contribution >= 0.6 is 0 Å². The zero-order valence-electron chi connectivity index (χ0n) is 11.2. The fraction of sp³-hybridized carbons (Fsp3) is 0.667. The Kier molecular flexibility index (Phi) is 4.19. The number of hydrogen-bond donors (Lipinski definition) is 2. The molecule has 1 aromatic rings. The Hall–Kier alpha value is -1.56. The van der Waals surface area contributed by atoms with Gasteiger partial charge in [0.25, 0.3) is 0 Å². The molecule has 2 rings (SSSR count). The van der Waals surface area contributed by atoms with Crippen molar-refractivity contribution in [1.29, 1.82) is 0 Å². The highest BCUT2D eigenvalue weighted by Crippen LogP contribution is 2.30. The van der Waals surface area contributed by atoms with Crippen LogP contribution in [0.3, 0.4) is 0 Å². The van der Waals surface area contributed by atoms with Crippen molar-refractivity contribution in [3.05, 3.63) is 6.33 Å². The van der Waals surface area contributed by atoms with Crippen molar-refractivity contribution in [1.82, 2.24) is 14.9 Å². The third-order valence-corrected chi connectivity index (χ3v) is 3.08. The molecule has 1 aliphatic heterocycles.